The van der Waals surface area contributed by atoms with Gasteiger partial charge in [0.2, 0.25) is 0 Å². The van der Waals surface area contributed by atoms with E-state index in [1.165, 1.54) is 24.3 Å². The molecule has 2 rings (SSSR count). The molecule has 0 unspecified atom stereocenters. The van der Waals surface area contributed by atoms with E-state index < -0.39 is 24.2 Å². The lowest BCUT2D eigenvalue weighted by molar-refractivity contribution is -0.194. The standard InChI is InChI=1S/C13H15F3N2O2/c14-10-8-17-7-6-11(10)18-12(19)13(15,16)20-9-4-2-1-3-5-9/h1-5,10-11,17H,6-8H2,(H,18,19)/t10-,11-/m0/s1. The van der Waals surface area contributed by atoms with E-state index in [4.69, 9.17) is 0 Å². The van der Waals surface area contributed by atoms with Gasteiger partial charge in [-0.3, -0.25) is 4.79 Å². The molecule has 1 aliphatic heterocycles. The first-order valence-electron chi connectivity index (χ1n) is 6.26. The first kappa shape index (κ1) is 14.6. The number of nitrogens with one attached hydrogen (secondary N) is 2. The zero-order valence-electron chi connectivity index (χ0n) is 10.6. The molecule has 1 aromatic rings. The van der Waals surface area contributed by atoms with Gasteiger partial charge in [-0.2, -0.15) is 8.78 Å². The quantitative estimate of drug-likeness (QED) is 0.882. The van der Waals surface area contributed by atoms with E-state index in [1.54, 1.807) is 6.07 Å². The summed E-state index contributed by atoms with van der Waals surface area (Å²) in [4.78, 5) is 11.5. The molecule has 1 aliphatic rings. The van der Waals surface area contributed by atoms with Gasteiger partial charge in [-0.25, -0.2) is 4.39 Å². The molecule has 7 heteroatoms. The van der Waals surface area contributed by atoms with Crippen LogP contribution in [0.15, 0.2) is 30.3 Å². The minimum Gasteiger partial charge on any atom is -0.425 e. The SMILES string of the molecule is O=C(N[C@H]1CCNC[C@@H]1F)C(F)(F)Oc1ccccc1. The van der Waals surface area contributed by atoms with Crippen molar-refractivity contribution in [3.63, 3.8) is 0 Å². The number of rotatable bonds is 4. The lowest BCUT2D eigenvalue weighted by Crippen LogP contribution is -2.55. The van der Waals surface area contributed by atoms with Gasteiger partial charge in [0.25, 0.3) is 0 Å². The number of para-hydroxylation sites is 1. The van der Waals surface area contributed by atoms with E-state index in [2.05, 4.69) is 10.1 Å². The van der Waals surface area contributed by atoms with Crippen molar-refractivity contribution in [3.8, 4) is 5.75 Å². The summed E-state index contributed by atoms with van der Waals surface area (Å²) in [7, 11) is 0. The molecule has 0 spiro atoms. The summed E-state index contributed by atoms with van der Waals surface area (Å²) < 4.78 is 45.0. The van der Waals surface area contributed by atoms with Crippen molar-refractivity contribution >= 4 is 5.91 Å². The highest BCUT2D eigenvalue weighted by atomic mass is 19.3. The average Bonchev–Trinajstić information content (AvgIpc) is 2.42. The first-order valence-corrected chi connectivity index (χ1v) is 6.26. The van der Waals surface area contributed by atoms with Crippen molar-refractivity contribution in [2.24, 2.45) is 0 Å². The van der Waals surface area contributed by atoms with Gasteiger partial charge >= 0.3 is 12.0 Å². The maximum Gasteiger partial charge on any atom is 0.482 e. The van der Waals surface area contributed by atoms with Crippen molar-refractivity contribution in [2.75, 3.05) is 13.1 Å². The monoisotopic (exact) mass is 288 g/mol. The second-order valence-corrected chi connectivity index (χ2v) is 4.52. The third-order valence-electron chi connectivity index (χ3n) is 2.98. The Hall–Kier alpha value is -1.76. The van der Waals surface area contributed by atoms with E-state index in [0.29, 0.717) is 6.54 Å². The number of carbonyl (C=O) groups excluding carboxylic acids is 1. The molecule has 20 heavy (non-hydrogen) atoms. The Morgan fingerprint density at radius 2 is 2.05 bits per heavy atom. The van der Waals surface area contributed by atoms with Gasteiger partial charge in [0.05, 0.1) is 6.04 Å². The Balaban J connectivity index is 1.96. The molecular formula is C13H15F3N2O2. The van der Waals surface area contributed by atoms with Gasteiger partial charge in [0.1, 0.15) is 11.9 Å². The van der Waals surface area contributed by atoms with Gasteiger partial charge in [-0.1, -0.05) is 18.2 Å². The van der Waals surface area contributed by atoms with Crippen LogP contribution in [-0.4, -0.2) is 37.3 Å². The highest BCUT2D eigenvalue weighted by Crippen LogP contribution is 2.22. The maximum atomic E-state index is 13.6. The molecule has 1 fully saturated rings. The third-order valence-corrected chi connectivity index (χ3v) is 2.98. The average molecular weight is 288 g/mol. The molecule has 0 bridgehead atoms. The van der Waals surface area contributed by atoms with Crippen LogP contribution in [0.2, 0.25) is 0 Å². The molecule has 4 nitrogen and oxygen atoms in total. The highest BCUT2D eigenvalue weighted by Gasteiger charge is 2.44. The van der Waals surface area contributed by atoms with Crippen molar-refractivity contribution in [3.05, 3.63) is 30.3 Å². The fraction of sp³-hybridized carbons (Fsp3) is 0.462. The summed E-state index contributed by atoms with van der Waals surface area (Å²) in [6.45, 7) is 0.506. The Morgan fingerprint density at radius 1 is 1.35 bits per heavy atom. The number of amides is 1. The molecule has 110 valence electrons. The normalized spacial score (nSPS) is 23.1. The lowest BCUT2D eigenvalue weighted by Gasteiger charge is -2.28. The number of hydrogen-bond acceptors (Lipinski definition) is 3. The van der Waals surface area contributed by atoms with Crippen LogP contribution in [0.1, 0.15) is 6.42 Å². The van der Waals surface area contributed by atoms with E-state index in [9.17, 15) is 18.0 Å². The highest BCUT2D eigenvalue weighted by molar-refractivity contribution is 5.82. The van der Waals surface area contributed by atoms with Crippen molar-refractivity contribution in [1.82, 2.24) is 10.6 Å². The van der Waals surface area contributed by atoms with Crippen LogP contribution in [0.3, 0.4) is 0 Å². The van der Waals surface area contributed by atoms with Crippen LogP contribution in [0.25, 0.3) is 0 Å². The number of benzene rings is 1. The van der Waals surface area contributed by atoms with Gasteiger partial charge in [0, 0.05) is 6.54 Å². The molecule has 2 N–H and O–H groups in total. The Kier molecular flexibility index (Phi) is 4.49. The van der Waals surface area contributed by atoms with Crippen LogP contribution in [-0.2, 0) is 4.79 Å². The summed E-state index contributed by atoms with van der Waals surface area (Å²) in [6.07, 6.45) is -5.17. The Bertz CT molecular complexity index is 456. The second kappa shape index (κ2) is 6.13. The van der Waals surface area contributed by atoms with Crippen LogP contribution < -0.4 is 15.4 Å². The van der Waals surface area contributed by atoms with E-state index in [0.717, 1.165) is 0 Å². The molecule has 0 saturated carbocycles. The zero-order chi connectivity index (χ0) is 14.6. The van der Waals surface area contributed by atoms with E-state index in [-0.39, 0.29) is 18.7 Å². The van der Waals surface area contributed by atoms with Gasteiger partial charge in [-0.15, -0.1) is 0 Å². The minimum atomic E-state index is -4.04. The third kappa shape index (κ3) is 3.63. The van der Waals surface area contributed by atoms with Crippen molar-refractivity contribution in [2.45, 2.75) is 24.7 Å². The van der Waals surface area contributed by atoms with Crippen LogP contribution in [0.4, 0.5) is 13.2 Å². The fourth-order valence-corrected chi connectivity index (χ4v) is 1.92. The van der Waals surface area contributed by atoms with E-state index in [1.807, 2.05) is 5.32 Å². The summed E-state index contributed by atoms with van der Waals surface area (Å²) in [5.41, 5.74) is 0. The molecule has 1 saturated heterocycles. The van der Waals surface area contributed by atoms with Gasteiger partial charge in [-0.05, 0) is 25.1 Å². The summed E-state index contributed by atoms with van der Waals surface area (Å²) in [5, 5.41) is 4.77. The Morgan fingerprint density at radius 3 is 2.70 bits per heavy atom. The van der Waals surface area contributed by atoms with Crippen LogP contribution >= 0.6 is 0 Å². The Labute approximate surface area is 114 Å². The molecule has 2 atom stereocenters. The fourth-order valence-electron chi connectivity index (χ4n) is 1.92. The largest absolute Gasteiger partial charge is 0.482 e. The molecule has 0 aromatic heterocycles. The summed E-state index contributed by atoms with van der Waals surface area (Å²) in [5.74, 6) is -1.76. The molecule has 0 aliphatic carbocycles. The predicted molar refractivity (Wildman–Crippen MR) is 66.3 cm³/mol. The zero-order valence-corrected chi connectivity index (χ0v) is 10.6. The van der Waals surface area contributed by atoms with Gasteiger partial charge < -0.3 is 15.4 Å². The van der Waals surface area contributed by atoms with Crippen molar-refractivity contribution in [1.29, 1.82) is 0 Å². The maximum absolute atomic E-state index is 13.6. The number of hydrogen-bond donors (Lipinski definition) is 2. The number of alkyl halides is 3. The summed E-state index contributed by atoms with van der Waals surface area (Å²) >= 11 is 0. The van der Waals surface area contributed by atoms with Crippen molar-refractivity contribution < 1.29 is 22.7 Å². The predicted octanol–water partition coefficient (Wildman–Crippen LogP) is 1.47. The number of piperidine rings is 1. The smallest absolute Gasteiger partial charge is 0.425 e. The number of halogens is 3. The van der Waals surface area contributed by atoms with Crippen LogP contribution in [0, 0.1) is 0 Å². The van der Waals surface area contributed by atoms with E-state index >= 15 is 0 Å². The lowest BCUT2D eigenvalue weighted by atomic mass is 10.1. The van der Waals surface area contributed by atoms with Gasteiger partial charge in [0.15, 0.2) is 0 Å². The molecule has 0 radical (unpaired) electrons. The number of carbonyl (C=O) groups is 1. The topological polar surface area (TPSA) is 50.4 Å². The number of ether oxygens (including phenoxy) is 1. The minimum absolute atomic E-state index is 0.0378. The molecule has 1 aromatic carbocycles. The molecule has 1 amide bonds. The molecule has 1 heterocycles. The first-order chi connectivity index (χ1) is 9.49. The summed E-state index contributed by atoms with van der Waals surface area (Å²) in [6, 6.07) is 6.34. The second-order valence-electron chi connectivity index (χ2n) is 4.52. The van der Waals surface area contributed by atoms with Crippen LogP contribution in [0.5, 0.6) is 5.75 Å². The molecular weight excluding hydrogens is 273 g/mol.